The first-order chi connectivity index (χ1) is 10.1. The van der Waals surface area contributed by atoms with Gasteiger partial charge < -0.3 is 20.7 Å². The summed E-state index contributed by atoms with van der Waals surface area (Å²) < 4.78 is 0. The molecule has 0 aliphatic rings. The summed E-state index contributed by atoms with van der Waals surface area (Å²) in [7, 11) is 0. The average Bonchev–Trinajstić information content (AvgIpc) is 2.98. The van der Waals surface area contributed by atoms with Crippen LogP contribution in [-0.4, -0.2) is 38.1 Å². The van der Waals surface area contributed by atoms with Crippen LogP contribution in [-0.2, 0) is 17.8 Å². The zero-order chi connectivity index (χ0) is 15.1. The van der Waals surface area contributed by atoms with Crippen LogP contribution >= 0.6 is 0 Å². The van der Waals surface area contributed by atoms with Crippen LogP contribution in [0, 0.1) is 0 Å². The summed E-state index contributed by atoms with van der Waals surface area (Å²) in [5.41, 5.74) is 1.46. The van der Waals surface area contributed by atoms with E-state index in [0.717, 1.165) is 5.56 Å². The normalized spacial score (nSPS) is 11.6. The number of nitrogens with zero attached hydrogens (tertiary/aromatic N) is 2. The number of imidazole rings is 1. The lowest BCUT2D eigenvalue weighted by molar-refractivity contribution is -0.139. The lowest BCUT2D eigenvalue weighted by atomic mass is 10.2. The molecule has 0 aliphatic heterocycles. The maximum atomic E-state index is 11.7. The number of carbonyl (C=O) groups is 2. The predicted octanol–water partition coefficient (Wildman–Crippen LogP) is 0.300. The van der Waals surface area contributed by atoms with Crippen LogP contribution in [0.2, 0.25) is 0 Å². The van der Waals surface area contributed by atoms with Gasteiger partial charge >= 0.3 is 12.0 Å². The molecular weight excluding hydrogens is 274 g/mol. The Balaban J connectivity index is 1.85. The second-order valence-corrected chi connectivity index (χ2v) is 4.36. The molecule has 8 heteroatoms. The van der Waals surface area contributed by atoms with Gasteiger partial charge in [-0.25, -0.2) is 14.6 Å². The van der Waals surface area contributed by atoms with E-state index in [2.05, 4.69) is 25.6 Å². The zero-order valence-corrected chi connectivity index (χ0v) is 11.1. The fraction of sp³-hybridized carbons (Fsp3) is 0.231. The topological polar surface area (TPSA) is 120 Å². The lowest BCUT2D eigenvalue weighted by Crippen LogP contribution is -2.46. The highest BCUT2D eigenvalue weighted by Gasteiger charge is 2.20. The molecule has 0 saturated heterocycles. The Hall–Kier alpha value is -2.90. The average molecular weight is 289 g/mol. The van der Waals surface area contributed by atoms with Crippen LogP contribution in [0.15, 0.2) is 37.1 Å². The van der Waals surface area contributed by atoms with E-state index in [1.807, 2.05) is 6.07 Å². The van der Waals surface area contributed by atoms with Gasteiger partial charge in [0, 0.05) is 37.3 Å². The fourth-order valence-electron chi connectivity index (χ4n) is 1.71. The number of aromatic amines is 1. The van der Waals surface area contributed by atoms with Crippen LogP contribution < -0.4 is 10.6 Å². The molecule has 2 aromatic rings. The van der Waals surface area contributed by atoms with Crippen LogP contribution in [0.5, 0.6) is 0 Å². The van der Waals surface area contributed by atoms with Crippen LogP contribution in [0.4, 0.5) is 4.79 Å². The number of H-pyrrole nitrogens is 1. The van der Waals surface area contributed by atoms with E-state index >= 15 is 0 Å². The van der Waals surface area contributed by atoms with Crippen molar-refractivity contribution >= 4 is 12.0 Å². The molecule has 0 saturated carbocycles. The highest BCUT2D eigenvalue weighted by molar-refractivity contribution is 5.82. The first-order valence-corrected chi connectivity index (χ1v) is 6.28. The van der Waals surface area contributed by atoms with Gasteiger partial charge in [0.25, 0.3) is 0 Å². The van der Waals surface area contributed by atoms with Gasteiger partial charge in [-0.1, -0.05) is 6.07 Å². The Morgan fingerprint density at radius 2 is 2.19 bits per heavy atom. The molecule has 0 radical (unpaired) electrons. The summed E-state index contributed by atoms with van der Waals surface area (Å²) in [6.45, 7) is 0.274. The summed E-state index contributed by atoms with van der Waals surface area (Å²) in [6, 6.07) is 1.99. The van der Waals surface area contributed by atoms with E-state index in [-0.39, 0.29) is 13.0 Å². The summed E-state index contributed by atoms with van der Waals surface area (Å²) in [5, 5.41) is 14.1. The van der Waals surface area contributed by atoms with Crippen LogP contribution in [0.25, 0.3) is 0 Å². The summed E-state index contributed by atoms with van der Waals surface area (Å²) >= 11 is 0. The second-order valence-electron chi connectivity index (χ2n) is 4.36. The third kappa shape index (κ3) is 4.60. The van der Waals surface area contributed by atoms with E-state index in [1.165, 1.54) is 12.5 Å². The third-order valence-corrected chi connectivity index (χ3v) is 2.76. The Kier molecular flexibility index (Phi) is 4.86. The van der Waals surface area contributed by atoms with Crippen molar-refractivity contribution in [2.45, 2.75) is 19.0 Å². The van der Waals surface area contributed by atoms with Crippen molar-refractivity contribution in [1.29, 1.82) is 0 Å². The Morgan fingerprint density at radius 1 is 1.33 bits per heavy atom. The highest BCUT2D eigenvalue weighted by Crippen LogP contribution is 1.99. The van der Waals surface area contributed by atoms with Crippen molar-refractivity contribution in [3.63, 3.8) is 0 Å². The number of hydrogen-bond donors (Lipinski definition) is 4. The summed E-state index contributed by atoms with van der Waals surface area (Å²) in [4.78, 5) is 33.4. The summed E-state index contributed by atoms with van der Waals surface area (Å²) in [6.07, 6.45) is 6.37. The number of aromatic nitrogens is 3. The van der Waals surface area contributed by atoms with Crippen LogP contribution in [0.3, 0.4) is 0 Å². The molecule has 0 fully saturated rings. The maximum absolute atomic E-state index is 11.7. The number of urea groups is 1. The molecule has 21 heavy (non-hydrogen) atoms. The summed E-state index contributed by atoms with van der Waals surface area (Å²) in [5.74, 6) is -1.11. The fourth-order valence-corrected chi connectivity index (χ4v) is 1.71. The molecule has 0 aromatic carbocycles. The van der Waals surface area contributed by atoms with E-state index in [1.54, 1.807) is 18.5 Å². The van der Waals surface area contributed by atoms with Gasteiger partial charge in [-0.05, 0) is 11.6 Å². The SMILES string of the molecule is O=C(NCc1cccnc1)N[C@@H](Cc1cnc[nH]1)C(=O)O. The predicted molar refractivity (Wildman–Crippen MR) is 73.3 cm³/mol. The van der Waals surface area contributed by atoms with Gasteiger partial charge in [0.15, 0.2) is 0 Å². The lowest BCUT2D eigenvalue weighted by Gasteiger charge is -2.14. The van der Waals surface area contributed by atoms with Crippen molar-refractivity contribution in [2.75, 3.05) is 0 Å². The van der Waals surface area contributed by atoms with Gasteiger partial charge in [0.05, 0.1) is 6.33 Å². The van der Waals surface area contributed by atoms with E-state index in [4.69, 9.17) is 5.11 Å². The molecule has 0 unspecified atom stereocenters. The Bertz CT molecular complexity index is 585. The number of carboxylic acids is 1. The number of carbonyl (C=O) groups excluding carboxylic acids is 1. The molecule has 0 bridgehead atoms. The highest BCUT2D eigenvalue weighted by atomic mass is 16.4. The minimum Gasteiger partial charge on any atom is -0.480 e. The standard InChI is InChI=1S/C13H15N5O3/c19-12(20)11(4-10-7-15-8-17-10)18-13(21)16-6-9-2-1-3-14-5-9/h1-3,5,7-8,11H,4,6H2,(H,15,17)(H,19,20)(H2,16,18,21)/t11-/m0/s1. The smallest absolute Gasteiger partial charge is 0.326 e. The van der Waals surface area contributed by atoms with Crippen molar-refractivity contribution in [1.82, 2.24) is 25.6 Å². The number of carboxylic acid groups (broad SMARTS) is 1. The van der Waals surface area contributed by atoms with Gasteiger partial charge in [-0.2, -0.15) is 0 Å². The molecule has 4 N–H and O–H groups in total. The molecule has 2 rings (SSSR count). The second kappa shape index (κ2) is 7.04. The largest absolute Gasteiger partial charge is 0.480 e. The molecule has 110 valence electrons. The van der Waals surface area contributed by atoms with Crippen molar-refractivity contribution in [3.05, 3.63) is 48.3 Å². The molecule has 2 heterocycles. The van der Waals surface area contributed by atoms with Gasteiger partial charge in [-0.3, -0.25) is 4.98 Å². The van der Waals surface area contributed by atoms with Gasteiger partial charge in [0.2, 0.25) is 0 Å². The maximum Gasteiger partial charge on any atom is 0.326 e. The van der Waals surface area contributed by atoms with E-state index in [0.29, 0.717) is 5.69 Å². The third-order valence-electron chi connectivity index (χ3n) is 2.76. The molecule has 0 aliphatic carbocycles. The molecule has 0 spiro atoms. The number of nitrogens with one attached hydrogen (secondary N) is 3. The van der Waals surface area contributed by atoms with Crippen LogP contribution in [0.1, 0.15) is 11.3 Å². The molecule has 8 nitrogen and oxygen atoms in total. The minimum atomic E-state index is -1.11. The van der Waals surface area contributed by atoms with Gasteiger partial charge in [0.1, 0.15) is 6.04 Å². The first-order valence-electron chi connectivity index (χ1n) is 6.28. The van der Waals surface area contributed by atoms with Crippen molar-refractivity contribution in [3.8, 4) is 0 Å². The number of pyridine rings is 1. The molecule has 2 amide bonds. The number of rotatable bonds is 6. The van der Waals surface area contributed by atoms with E-state index in [9.17, 15) is 9.59 Å². The Morgan fingerprint density at radius 3 is 2.81 bits per heavy atom. The monoisotopic (exact) mass is 289 g/mol. The molecule has 1 atom stereocenters. The zero-order valence-electron chi connectivity index (χ0n) is 11.1. The van der Waals surface area contributed by atoms with Crippen molar-refractivity contribution < 1.29 is 14.7 Å². The van der Waals surface area contributed by atoms with Gasteiger partial charge in [-0.15, -0.1) is 0 Å². The quantitative estimate of drug-likeness (QED) is 0.609. The minimum absolute atomic E-state index is 0.135. The Labute approximate surface area is 120 Å². The number of hydrogen-bond acceptors (Lipinski definition) is 4. The molecule has 2 aromatic heterocycles. The first kappa shape index (κ1) is 14.5. The number of aliphatic carboxylic acids is 1. The number of amides is 2. The van der Waals surface area contributed by atoms with E-state index < -0.39 is 18.0 Å². The molecular formula is C13H15N5O3. The van der Waals surface area contributed by atoms with Crippen molar-refractivity contribution in [2.24, 2.45) is 0 Å².